The van der Waals surface area contributed by atoms with Crippen molar-refractivity contribution in [1.29, 1.82) is 0 Å². The summed E-state index contributed by atoms with van der Waals surface area (Å²) in [4.78, 5) is 29.3. The van der Waals surface area contributed by atoms with E-state index in [9.17, 15) is 9.59 Å². The third-order valence-electron chi connectivity index (χ3n) is 4.31. The SMILES string of the molecule is COc1ccc2nc(NC(=O)c3ccc(C)c(NC(=O)c4ccco4)c3)sc2c1. The van der Waals surface area contributed by atoms with Gasteiger partial charge in [-0.2, -0.15) is 0 Å². The second-order valence-electron chi connectivity index (χ2n) is 6.27. The maximum absolute atomic E-state index is 12.7. The lowest BCUT2D eigenvalue weighted by Gasteiger charge is -2.09. The van der Waals surface area contributed by atoms with Crippen molar-refractivity contribution in [1.82, 2.24) is 4.98 Å². The van der Waals surface area contributed by atoms with Crippen LogP contribution in [-0.2, 0) is 0 Å². The van der Waals surface area contributed by atoms with E-state index in [0.29, 0.717) is 16.4 Å². The number of anilines is 2. The van der Waals surface area contributed by atoms with Crippen LogP contribution in [0.2, 0.25) is 0 Å². The Kier molecular flexibility index (Phi) is 5.01. The van der Waals surface area contributed by atoms with E-state index in [0.717, 1.165) is 21.5 Å². The van der Waals surface area contributed by atoms with Gasteiger partial charge in [-0.1, -0.05) is 17.4 Å². The minimum Gasteiger partial charge on any atom is -0.497 e. The zero-order valence-corrected chi connectivity index (χ0v) is 16.5. The van der Waals surface area contributed by atoms with Gasteiger partial charge in [-0.25, -0.2) is 4.98 Å². The van der Waals surface area contributed by atoms with E-state index < -0.39 is 0 Å². The van der Waals surface area contributed by atoms with Gasteiger partial charge in [0.15, 0.2) is 10.9 Å². The quantitative estimate of drug-likeness (QED) is 0.500. The molecule has 2 amide bonds. The van der Waals surface area contributed by atoms with Gasteiger partial charge in [0.25, 0.3) is 11.8 Å². The fourth-order valence-corrected chi connectivity index (χ4v) is 3.63. The molecule has 2 aromatic heterocycles. The van der Waals surface area contributed by atoms with Crippen LogP contribution in [-0.4, -0.2) is 23.9 Å². The number of amides is 2. The van der Waals surface area contributed by atoms with Crippen molar-refractivity contribution in [3.05, 3.63) is 71.7 Å². The highest BCUT2D eigenvalue weighted by Crippen LogP contribution is 2.29. The van der Waals surface area contributed by atoms with Gasteiger partial charge in [-0.05, 0) is 55.0 Å². The number of carbonyl (C=O) groups is 2. The Morgan fingerprint density at radius 3 is 2.69 bits per heavy atom. The molecule has 0 saturated carbocycles. The Bertz CT molecular complexity index is 1200. The summed E-state index contributed by atoms with van der Waals surface area (Å²) in [5.74, 6) is 0.235. The number of thiazole rings is 1. The molecule has 29 heavy (non-hydrogen) atoms. The van der Waals surface area contributed by atoms with Crippen LogP contribution >= 0.6 is 11.3 Å². The average molecular weight is 407 g/mol. The maximum Gasteiger partial charge on any atom is 0.291 e. The summed E-state index contributed by atoms with van der Waals surface area (Å²) in [6.45, 7) is 1.85. The van der Waals surface area contributed by atoms with Gasteiger partial charge in [0.1, 0.15) is 5.75 Å². The van der Waals surface area contributed by atoms with Gasteiger partial charge < -0.3 is 14.5 Å². The van der Waals surface area contributed by atoms with Crippen LogP contribution in [0.5, 0.6) is 5.75 Å². The minimum absolute atomic E-state index is 0.198. The first kappa shape index (κ1) is 18.7. The van der Waals surface area contributed by atoms with Crippen LogP contribution in [0.25, 0.3) is 10.2 Å². The van der Waals surface area contributed by atoms with E-state index in [2.05, 4.69) is 15.6 Å². The molecule has 0 bridgehead atoms. The molecule has 0 atom stereocenters. The first-order valence-electron chi connectivity index (χ1n) is 8.75. The van der Waals surface area contributed by atoms with Gasteiger partial charge >= 0.3 is 0 Å². The van der Waals surface area contributed by atoms with Crippen molar-refractivity contribution in [2.45, 2.75) is 6.92 Å². The monoisotopic (exact) mass is 407 g/mol. The van der Waals surface area contributed by atoms with Crippen molar-refractivity contribution in [2.24, 2.45) is 0 Å². The normalized spacial score (nSPS) is 10.7. The smallest absolute Gasteiger partial charge is 0.291 e. The Morgan fingerprint density at radius 1 is 1.07 bits per heavy atom. The van der Waals surface area contributed by atoms with Crippen LogP contribution < -0.4 is 15.4 Å². The van der Waals surface area contributed by atoms with E-state index in [1.165, 1.54) is 17.6 Å². The van der Waals surface area contributed by atoms with Crippen LogP contribution in [0.3, 0.4) is 0 Å². The molecule has 2 aromatic carbocycles. The number of fused-ring (bicyclic) bond motifs is 1. The van der Waals surface area contributed by atoms with Crippen LogP contribution in [0.1, 0.15) is 26.5 Å². The number of aromatic nitrogens is 1. The van der Waals surface area contributed by atoms with Gasteiger partial charge in [0, 0.05) is 11.3 Å². The topological polar surface area (TPSA) is 93.5 Å². The minimum atomic E-state index is -0.379. The van der Waals surface area contributed by atoms with Gasteiger partial charge in [0.2, 0.25) is 0 Å². The van der Waals surface area contributed by atoms with Crippen molar-refractivity contribution >= 4 is 44.2 Å². The fraction of sp³-hybridized carbons (Fsp3) is 0.0952. The highest BCUT2D eigenvalue weighted by Gasteiger charge is 2.14. The van der Waals surface area contributed by atoms with E-state index in [4.69, 9.17) is 9.15 Å². The molecule has 0 fully saturated rings. The Hall–Kier alpha value is -3.65. The third-order valence-corrected chi connectivity index (χ3v) is 5.24. The fourth-order valence-electron chi connectivity index (χ4n) is 2.74. The number of aryl methyl sites for hydroxylation is 1. The molecular formula is C21H17N3O4S. The van der Waals surface area contributed by atoms with Crippen molar-refractivity contribution in [2.75, 3.05) is 17.7 Å². The van der Waals surface area contributed by atoms with Crippen molar-refractivity contribution < 1.29 is 18.7 Å². The van der Waals surface area contributed by atoms with Gasteiger partial charge in [0.05, 0.1) is 23.6 Å². The number of furan rings is 1. The summed E-state index contributed by atoms with van der Waals surface area (Å²) in [5, 5.41) is 6.06. The predicted molar refractivity (Wildman–Crippen MR) is 112 cm³/mol. The van der Waals surface area contributed by atoms with Crippen molar-refractivity contribution in [3.8, 4) is 5.75 Å². The van der Waals surface area contributed by atoms with E-state index in [1.54, 1.807) is 37.4 Å². The van der Waals surface area contributed by atoms with Crippen molar-refractivity contribution in [3.63, 3.8) is 0 Å². The van der Waals surface area contributed by atoms with E-state index >= 15 is 0 Å². The molecular weight excluding hydrogens is 390 g/mol. The second kappa shape index (κ2) is 7.76. The summed E-state index contributed by atoms with van der Waals surface area (Å²) in [5.41, 5.74) is 2.55. The van der Waals surface area contributed by atoms with Gasteiger partial charge in [-0.15, -0.1) is 0 Å². The number of nitrogens with zero attached hydrogens (tertiary/aromatic N) is 1. The number of ether oxygens (including phenoxy) is 1. The highest BCUT2D eigenvalue weighted by molar-refractivity contribution is 7.22. The van der Waals surface area contributed by atoms with Gasteiger partial charge in [-0.3, -0.25) is 14.9 Å². The first-order chi connectivity index (χ1) is 14.0. The molecule has 7 nitrogen and oxygen atoms in total. The first-order valence-corrected chi connectivity index (χ1v) is 9.56. The molecule has 0 aliphatic heterocycles. The lowest BCUT2D eigenvalue weighted by molar-refractivity contribution is 0.0993. The Labute approximate surface area is 170 Å². The molecule has 0 radical (unpaired) electrons. The van der Waals surface area contributed by atoms with Crippen LogP contribution in [0.15, 0.2) is 59.2 Å². The number of carbonyl (C=O) groups excluding carboxylic acids is 2. The molecule has 2 heterocycles. The standard InChI is InChI=1S/C21H17N3O4S/c1-12-5-6-13(10-16(12)22-20(26)17-4-3-9-28-17)19(25)24-21-23-15-8-7-14(27-2)11-18(15)29-21/h3-11H,1-2H3,(H,22,26)(H,23,24,25). The van der Waals surface area contributed by atoms with E-state index in [-0.39, 0.29) is 17.6 Å². The number of rotatable bonds is 5. The molecule has 0 aliphatic rings. The number of benzene rings is 2. The number of hydrogen-bond donors (Lipinski definition) is 2. The second-order valence-corrected chi connectivity index (χ2v) is 7.30. The molecule has 4 aromatic rings. The lowest BCUT2D eigenvalue weighted by Crippen LogP contribution is -2.15. The molecule has 0 aliphatic carbocycles. The Morgan fingerprint density at radius 2 is 1.93 bits per heavy atom. The third kappa shape index (κ3) is 3.97. The van der Waals surface area contributed by atoms with E-state index in [1.807, 2.05) is 25.1 Å². The molecule has 8 heteroatoms. The highest BCUT2D eigenvalue weighted by atomic mass is 32.1. The zero-order valence-electron chi connectivity index (χ0n) is 15.7. The molecule has 0 saturated heterocycles. The summed E-state index contributed by atoms with van der Waals surface area (Å²) < 4.78 is 11.2. The zero-order chi connectivity index (χ0) is 20.4. The molecule has 4 rings (SSSR count). The number of hydrogen-bond acceptors (Lipinski definition) is 6. The maximum atomic E-state index is 12.7. The molecule has 146 valence electrons. The number of nitrogens with one attached hydrogen (secondary N) is 2. The average Bonchev–Trinajstić information content (AvgIpc) is 3.38. The molecule has 0 spiro atoms. The summed E-state index contributed by atoms with van der Waals surface area (Å²) >= 11 is 1.36. The van der Waals surface area contributed by atoms with Crippen LogP contribution in [0.4, 0.5) is 10.8 Å². The summed E-state index contributed by atoms with van der Waals surface area (Å²) in [6.07, 6.45) is 1.43. The Balaban J connectivity index is 1.53. The van der Waals surface area contributed by atoms with Crippen LogP contribution in [0, 0.1) is 6.92 Å². The molecule has 2 N–H and O–H groups in total. The molecule has 0 unspecified atom stereocenters. The lowest BCUT2D eigenvalue weighted by atomic mass is 10.1. The summed E-state index contributed by atoms with van der Waals surface area (Å²) in [7, 11) is 1.60. The number of methoxy groups -OCH3 is 1. The predicted octanol–water partition coefficient (Wildman–Crippen LogP) is 4.71. The summed E-state index contributed by atoms with van der Waals surface area (Å²) in [6, 6.07) is 13.8. The largest absolute Gasteiger partial charge is 0.497 e.